The summed E-state index contributed by atoms with van der Waals surface area (Å²) in [6.07, 6.45) is -6.38. The summed E-state index contributed by atoms with van der Waals surface area (Å²) in [5.74, 6) is -3.57. The fourth-order valence-electron chi connectivity index (χ4n) is 6.68. The van der Waals surface area contributed by atoms with Crippen molar-refractivity contribution in [1.29, 1.82) is 0 Å². The topological polar surface area (TPSA) is 165 Å². The number of ketones is 1. The molecule has 182 valence electrons. The summed E-state index contributed by atoms with van der Waals surface area (Å²) in [5.41, 5.74) is -6.82. The zero-order chi connectivity index (χ0) is 24.6. The third-order valence-corrected chi connectivity index (χ3v) is 8.92. The Morgan fingerprint density at radius 2 is 1.72 bits per heavy atom. The van der Waals surface area contributed by atoms with Gasteiger partial charge in [0, 0.05) is 30.1 Å². The molecule has 2 fully saturated rings. The average Bonchev–Trinajstić information content (AvgIpc) is 2.68. The largest absolute Gasteiger partial charge is 0.459 e. The van der Waals surface area contributed by atoms with Gasteiger partial charge in [-0.2, -0.15) is 0 Å². The molecule has 3 aliphatic rings. The molecule has 2 bridgehead atoms. The molecule has 0 aromatic rings. The SMILES string of the molecule is CC(=O)OC1C2[C@](C)(C(=O)[C@H](O)C3=C(C)[C@@H](O)C[C@]1(O)C3(C)C)C(C)C[C@@H](O)[C@@]2(O)CO. The highest BCUT2D eigenvalue weighted by Crippen LogP contribution is 2.62. The fourth-order valence-corrected chi connectivity index (χ4v) is 6.68. The Morgan fingerprint density at radius 3 is 2.22 bits per heavy atom. The Balaban J connectivity index is 2.46. The zero-order valence-electron chi connectivity index (χ0n) is 19.5. The molecular formula is C23H36O9. The lowest BCUT2D eigenvalue weighted by Crippen LogP contribution is -2.76. The molecule has 0 aromatic carbocycles. The molecule has 3 unspecified atom stereocenters. The molecule has 0 aromatic heterocycles. The van der Waals surface area contributed by atoms with E-state index >= 15 is 0 Å². The van der Waals surface area contributed by atoms with Crippen LogP contribution in [0.15, 0.2) is 11.1 Å². The second kappa shape index (κ2) is 7.58. The van der Waals surface area contributed by atoms with Crippen LogP contribution in [-0.2, 0) is 14.3 Å². The highest BCUT2D eigenvalue weighted by molar-refractivity contribution is 5.93. The lowest BCUT2D eigenvalue weighted by atomic mass is 9.44. The van der Waals surface area contributed by atoms with E-state index in [1.165, 1.54) is 6.92 Å². The van der Waals surface area contributed by atoms with Crippen LogP contribution in [0.3, 0.4) is 0 Å². The van der Waals surface area contributed by atoms with E-state index in [1.807, 2.05) is 0 Å². The molecule has 2 saturated carbocycles. The Kier molecular flexibility index (Phi) is 5.98. The predicted molar refractivity (Wildman–Crippen MR) is 112 cm³/mol. The van der Waals surface area contributed by atoms with Crippen molar-refractivity contribution >= 4 is 11.8 Å². The van der Waals surface area contributed by atoms with Crippen molar-refractivity contribution in [2.45, 2.75) is 90.0 Å². The van der Waals surface area contributed by atoms with Gasteiger partial charge >= 0.3 is 5.97 Å². The van der Waals surface area contributed by atoms with E-state index in [0.29, 0.717) is 5.57 Å². The summed E-state index contributed by atoms with van der Waals surface area (Å²) in [6, 6.07) is 0. The van der Waals surface area contributed by atoms with E-state index in [-0.39, 0.29) is 18.4 Å². The Bertz CT molecular complexity index is 850. The van der Waals surface area contributed by atoms with Gasteiger partial charge in [0.25, 0.3) is 0 Å². The second-order valence-electron chi connectivity index (χ2n) is 10.7. The molecule has 0 radical (unpaired) electrons. The molecule has 32 heavy (non-hydrogen) atoms. The number of ether oxygens (including phenoxy) is 1. The molecule has 3 aliphatic carbocycles. The smallest absolute Gasteiger partial charge is 0.303 e. The molecule has 0 amide bonds. The first-order chi connectivity index (χ1) is 14.5. The molecule has 6 N–H and O–H groups in total. The number of carbonyl (C=O) groups is 2. The Hall–Kier alpha value is -1.36. The van der Waals surface area contributed by atoms with Crippen molar-refractivity contribution < 1.29 is 45.0 Å². The molecule has 9 heteroatoms. The first kappa shape index (κ1) is 25.3. The molecule has 9 atom stereocenters. The molecule has 0 heterocycles. The number of aliphatic hydroxyl groups excluding tert-OH is 4. The number of carbonyl (C=O) groups excluding carboxylic acids is 2. The van der Waals surface area contributed by atoms with Crippen LogP contribution in [0.25, 0.3) is 0 Å². The number of aliphatic hydroxyl groups is 6. The van der Waals surface area contributed by atoms with Crippen LogP contribution in [-0.4, -0.2) is 84.6 Å². The summed E-state index contributed by atoms with van der Waals surface area (Å²) in [4.78, 5) is 26.1. The fraction of sp³-hybridized carbons (Fsp3) is 0.826. The van der Waals surface area contributed by atoms with Crippen molar-refractivity contribution in [2.24, 2.45) is 22.7 Å². The van der Waals surface area contributed by atoms with Crippen LogP contribution in [0.5, 0.6) is 0 Å². The molecule has 0 aliphatic heterocycles. The van der Waals surface area contributed by atoms with Crippen LogP contribution in [0.1, 0.15) is 54.4 Å². The zero-order valence-corrected chi connectivity index (χ0v) is 19.5. The minimum atomic E-state index is -2.32. The van der Waals surface area contributed by atoms with Crippen molar-refractivity contribution in [3.8, 4) is 0 Å². The van der Waals surface area contributed by atoms with E-state index in [1.54, 1.807) is 27.7 Å². The lowest BCUT2D eigenvalue weighted by Gasteiger charge is -2.64. The number of Topliss-reactive ketones (excluding diaryl/α,β-unsaturated/α-hetero) is 1. The van der Waals surface area contributed by atoms with Gasteiger partial charge in [0.2, 0.25) is 0 Å². The maximum absolute atomic E-state index is 13.9. The number of rotatable bonds is 2. The third-order valence-electron chi connectivity index (χ3n) is 8.92. The number of hydrogen-bond acceptors (Lipinski definition) is 9. The maximum Gasteiger partial charge on any atom is 0.303 e. The van der Waals surface area contributed by atoms with Gasteiger partial charge in [-0.15, -0.1) is 0 Å². The minimum absolute atomic E-state index is 0.0578. The third kappa shape index (κ3) is 2.98. The number of hydrogen-bond donors (Lipinski definition) is 6. The highest BCUT2D eigenvalue weighted by atomic mass is 16.6. The standard InChI is InChI=1S/C23H36O9/c1-10-7-14(27)22(30,9-24)17-19(32-12(3)25)23(31)8-13(26)11(2)15(20(23,4)5)16(28)18(29)21(10,17)6/h10,13-14,16-17,19,24,26-28,30-31H,7-9H2,1-6H3/t10?,13-,14+,16+,17?,19?,21+,22-,23+/m0/s1. The van der Waals surface area contributed by atoms with Gasteiger partial charge in [-0.3, -0.25) is 9.59 Å². The normalized spacial score (nSPS) is 48.6. The second-order valence-corrected chi connectivity index (χ2v) is 10.7. The first-order valence-electron chi connectivity index (χ1n) is 11.0. The summed E-state index contributed by atoms with van der Waals surface area (Å²) in [6.45, 7) is 8.06. The molecule has 9 nitrogen and oxygen atoms in total. The molecule has 3 rings (SSSR count). The van der Waals surface area contributed by atoms with E-state index in [9.17, 15) is 40.2 Å². The molecular weight excluding hydrogens is 420 g/mol. The maximum atomic E-state index is 13.9. The van der Waals surface area contributed by atoms with Gasteiger partial charge in [-0.05, 0) is 30.4 Å². The predicted octanol–water partition coefficient (Wildman–Crippen LogP) is -0.553. The van der Waals surface area contributed by atoms with Crippen LogP contribution >= 0.6 is 0 Å². The Labute approximate surface area is 187 Å². The summed E-state index contributed by atoms with van der Waals surface area (Å²) in [5, 5.41) is 66.7. The van der Waals surface area contributed by atoms with Crippen LogP contribution in [0.4, 0.5) is 0 Å². The van der Waals surface area contributed by atoms with E-state index in [2.05, 4.69) is 0 Å². The highest BCUT2D eigenvalue weighted by Gasteiger charge is 2.73. The Morgan fingerprint density at radius 1 is 1.16 bits per heavy atom. The monoisotopic (exact) mass is 456 g/mol. The quantitative estimate of drug-likeness (QED) is 0.236. The van der Waals surface area contributed by atoms with Crippen molar-refractivity contribution in [3.05, 3.63) is 11.1 Å². The van der Waals surface area contributed by atoms with Gasteiger partial charge in [0.05, 0.1) is 18.8 Å². The van der Waals surface area contributed by atoms with Crippen molar-refractivity contribution in [1.82, 2.24) is 0 Å². The average molecular weight is 457 g/mol. The van der Waals surface area contributed by atoms with Crippen molar-refractivity contribution in [3.63, 3.8) is 0 Å². The summed E-state index contributed by atoms with van der Waals surface area (Å²) < 4.78 is 5.61. The summed E-state index contributed by atoms with van der Waals surface area (Å²) >= 11 is 0. The van der Waals surface area contributed by atoms with Gasteiger partial charge in [-0.25, -0.2) is 0 Å². The number of esters is 1. The van der Waals surface area contributed by atoms with E-state index in [4.69, 9.17) is 4.74 Å². The van der Waals surface area contributed by atoms with Crippen LogP contribution in [0, 0.1) is 22.7 Å². The first-order valence-corrected chi connectivity index (χ1v) is 11.0. The van der Waals surface area contributed by atoms with Crippen LogP contribution < -0.4 is 0 Å². The van der Waals surface area contributed by atoms with Crippen molar-refractivity contribution in [2.75, 3.05) is 6.61 Å². The van der Waals surface area contributed by atoms with Crippen LogP contribution in [0.2, 0.25) is 0 Å². The van der Waals surface area contributed by atoms with E-state index < -0.39 is 76.6 Å². The summed E-state index contributed by atoms with van der Waals surface area (Å²) in [7, 11) is 0. The molecule has 0 saturated heterocycles. The van der Waals surface area contributed by atoms with Gasteiger partial charge < -0.3 is 35.4 Å². The number of fused-ring (bicyclic) bond motifs is 3. The van der Waals surface area contributed by atoms with Gasteiger partial charge in [0.15, 0.2) is 5.78 Å². The minimum Gasteiger partial charge on any atom is -0.459 e. The van der Waals surface area contributed by atoms with Gasteiger partial charge in [0.1, 0.15) is 23.4 Å². The molecule has 0 spiro atoms. The van der Waals surface area contributed by atoms with Gasteiger partial charge in [-0.1, -0.05) is 27.7 Å². The lowest BCUT2D eigenvalue weighted by molar-refractivity contribution is -0.282. The van der Waals surface area contributed by atoms with E-state index in [0.717, 1.165) is 6.92 Å².